The lowest BCUT2D eigenvalue weighted by atomic mass is 9.91. The molecule has 2 bridgehead atoms. The molecule has 1 saturated carbocycles. The second-order valence-electron chi connectivity index (χ2n) is 10.2. The van der Waals surface area contributed by atoms with Gasteiger partial charge in [-0.1, -0.05) is 19.1 Å². The molecular weight excluding hydrogens is 395 g/mol. The Kier molecular flexibility index (Phi) is 4.63. The van der Waals surface area contributed by atoms with Gasteiger partial charge in [0.15, 0.2) is 0 Å². The van der Waals surface area contributed by atoms with Crippen molar-refractivity contribution in [3.05, 3.63) is 35.6 Å². The number of rotatable bonds is 5. The normalized spacial score (nSPS) is 32.9. The van der Waals surface area contributed by atoms with Crippen molar-refractivity contribution in [3.63, 3.8) is 0 Å². The predicted octanol–water partition coefficient (Wildman–Crippen LogP) is 2.49. The summed E-state index contributed by atoms with van der Waals surface area (Å²) in [6.45, 7) is 7.23. The van der Waals surface area contributed by atoms with Gasteiger partial charge in [-0.2, -0.15) is 5.26 Å². The maximum atomic E-state index is 13.4. The smallest absolute Gasteiger partial charge is 0.241 e. The van der Waals surface area contributed by atoms with Gasteiger partial charge in [0.05, 0.1) is 17.6 Å². The second-order valence-corrected chi connectivity index (χ2v) is 10.2. The zero-order chi connectivity index (χ0) is 22.1. The summed E-state index contributed by atoms with van der Waals surface area (Å²) in [5.74, 6) is 0.125. The van der Waals surface area contributed by atoms with E-state index in [1.807, 2.05) is 30.6 Å². The number of halogens is 1. The lowest BCUT2D eigenvalue weighted by molar-refractivity contribution is -0.145. The first-order valence-corrected chi connectivity index (χ1v) is 11.3. The molecule has 3 heterocycles. The molecule has 0 spiro atoms. The number of benzene rings is 1. The minimum atomic E-state index is -0.520. The Morgan fingerprint density at radius 2 is 1.97 bits per heavy atom. The highest BCUT2D eigenvalue weighted by Gasteiger charge is 2.56. The number of hydrogen-bond donors (Lipinski definition) is 0. The SMILES string of the molecule is C[C@@H](CN1C[C@@H]2C[C@H]1C(=O)N2C(C)(C)c1ccc(F)cc1)C(=O)N1C2C[C@H]2C[C@H]1C#N. The van der Waals surface area contributed by atoms with Crippen LogP contribution in [0.4, 0.5) is 4.39 Å². The first-order valence-electron chi connectivity index (χ1n) is 11.3. The van der Waals surface area contributed by atoms with Crippen LogP contribution in [0.5, 0.6) is 0 Å². The van der Waals surface area contributed by atoms with Crippen LogP contribution in [0.15, 0.2) is 24.3 Å². The standard InChI is InChI=1S/C24H29FN4O2/c1-14(22(30)28-18(11-26)8-15-9-20(15)28)12-27-13-19-10-21(27)23(31)29(19)24(2,3)16-4-6-17(25)7-5-16/h4-7,14-15,18-21H,8-10,12-13H2,1-3H3/t14-,15+,18-,19-,20?,21-/m0/s1. The topological polar surface area (TPSA) is 67.7 Å². The fraction of sp³-hybridized carbons (Fsp3) is 0.625. The van der Waals surface area contributed by atoms with Gasteiger partial charge < -0.3 is 9.80 Å². The third kappa shape index (κ3) is 3.15. The van der Waals surface area contributed by atoms with Crippen molar-refractivity contribution in [2.45, 2.75) is 69.7 Å². The van der Waals surface area contributed by atoms with E-state index >= 15 is 0 Å². The van der Waals surface area contributed by atoms with E-state index in [1.165, 1.54) is 12.1 Å². The fourth-order valence-corrected chi connectivity index (χ4v) is 6.17. The van der Waals surface area contributed by atoms with Crippen LogP contribution in [0.3, 0.4) is 0 Å². The quantitative estimate of drug-likeness (QED) is 0.728. The molecule has 0 radical (unpaired) electrons. The molecule has 1 aromatic carbocycles. The van der Waals surface area contributed by atoms with Gasteiger partial charge in [-0.15, -0.1) is 0 Å². The first-order chi connectivity index (χ1) is 14.7. The highest BCUT2D eigenvalue weighted by atomic mass is 19.1. The number of piperazine rings is 1. The van der Waals surface area contributed by atoms with Gasteiger partial charge >= 0.3 is 0 Å². The minimum Gasteiger partial charge on any atom is -0.328 e. The van der Waals surface area contributed by atoms with Crippen molar-refractivity contribution in [2.75, 3.05) is 13.1 Å². The van der Waals surface area contributed by atoms with Crippen molar-refractivity contribution >= 4 is 11.8 Å². The monoisotopic (exact) mass is 424 g/mol. The maximum Gasteiger partial charge on any atom is 0.241 e. The molecule has 0 aromatic heterocycles. The summed E-state index contributed by atoms with van der Waals surface area (Å²) in [5.41, 5.74) is 0.398. The molecule has 6 nitrogen and oxygen atoms in total. The Labute approximate surface area is 182 Å². The van der Waals surface area contributed by atoms with Gasteiger partial charge in [-0.05, 0) is 56.7 Å². The maximum absolute atomic E-state index is 13.4. The van der Waals surface area contributed by atoms with Crippen LogP contribution >= 0.6 is 0 Å². The number of nitriles is 1. The lowest BCUT2D eigenvalue weighted by Crippen LogP contribution is -2.57. The van der Waals surface area contributed by atoms with E-state index in [-0.39, 0.29) is 47.7 Å². The van der Waals surface area contributed by atoms with Crippen molar-refractivity contribution in [1.82, 2.24) is 14.7 Å². The van der Waals surface area contributed by atoms with Gasteiger partial charge in [0.25, 0.3) is 0 Å². The first kappa shape index (κ1) is 20.4. The Hall–Kier alpha value is -2.46. The highest BCUT2D eigenvalue weighted by molar-refractivity contribution is 5.87. The molecule has 0 N–H and O–H groups in total. The Morgan fingerprint density at radius 1 is 1.26 bits per heavy atom. The Balaban J connectivity index is 1.26. The van der Waals surface area contributed by atoms with E-state index in [1.54, 1.807) is 12.1 Å². The predicted molar refractivity (Wildman–Crippen MR) is 112 cm³/mol. The third-order valence-electron chi connectivity index (χ3n) is 7.86. The number of carbonyl (C=O) groups is 2. The number of hydrogen-bond acceptors (Lipinski definition) is 4. The molecule has 3 saturated heterocycles. The molecule has 1 unspecified atom stereocenters. The van der Waals surface area contributed by atoms with E-state index in [4.69, 9.17) is 0 Å². The molecule has 7 heteroatoms. The summed E-state index contributed by atoms with van der Waals surface area (Å²) in [6, 6.07) is 8.50. The van der Waals surface area contributed by atoms with Crippen LogP contribution in [-0.2, 0) is 15.1 Å². The van der Waals surface area contributed by atoms with Crippen molar-refractivity contribution in [2.24, 2.45) is 11.8 Å². The molecule has 3 aliphatic heterocycles. The van der Waals surface area contributed by atoms with Crippen molar-refractivity contribution < 1.29 is 14.0 Å². The largest absolute Gasteiger partial charge is 0.328 e. The van der Waals surface area contributed by atoms with Crippen molar-refractivity contribution in [1.29, 1.82) is 5.26 Å². The van der Waals surface area contributed by atoms with E-state index in [2.05, 4.69) is 11.0 Å². The highest BCUT2D eigenvalue weighted by Crippen LogP contribution is 2.48. The number of fused-ring (bicyclic) bond motifs is 3. The van der Waals surface area contributed by atoms with E-state index in [9.17, 15) is 19.2 Å². The summed E-state index contributed by atoms with van der Waals surface area (Å²) in [6.07, 6.45) is 2.59. The number of amides is 2. The van der Waals surface area contributed by atoms with E-state index < -0.39 is 5.54 Å². The molecule has 31 heavy (non-hydrogen) atoms. The molecule has 4 fully saturated rings. The lowest BCUT2D eigenvalue weighted by Gasteiger charge is -2.44. The third-order valence-corrected chi connectivity index (χ3v) is 7.86. The zero-order valence-corrected chi connectivity index (χ0v) is 18.3. The average Bonchev–Trinajstić information content (AvgIpc) is 3.06. The summed E-state index contributed by atoms with van der Waals surface area (Å²) < 4.78 is 13.4. The Morgan fingerprint density at radius 3 is 2.61 bits per heavy atom. The van der Waals surface area contributed by atoms with E-state index in [0.717, 1.165) is 31.4 Å². The minimum absolute atomic E-state index is 0.0512. The Bertz CT molecular complexity index is 955. The molecule has 4 aliphatic rings. The van der Waals surface area contributed by atoms with Crippen LogP contribution in [0.1, 0.15) is 45.6 Å². The molecule has 1 aliphatic carbocycles. The summed E-state index contributed by atoms with van der Waals surface area (Å²) in [5, 5.41) is 9.40. The molecule has 6 atom stereocenters. The second kappa shape index (κ2) is 7.03. The van der Waals surface area contributed by atoms with Crippen LogP contribution < -0.4 is 0 Å². The average molecular weight is 425 g/mol. The summed E-state index contributed by atoms with van der Waals surface area (Å²) in [7, 11) is 0. The van der Waals surface area contributed by atoms with Gasteiger partial charge in [0.1, 0.15) is 11.9 Å². The van der Waals surface area contributed by atoms with Crippen LogP contribution in [0, 0.1) is 29.0 Å². The number of piperidine rings is 1. The van der Waals surface area contributed by atoms with Crippen LogP contribution in [0.2, 0.25) is 0 Å². The van der Waals surface area contributed by atoms with Crippen molar-refractivity contribution in [3.8, 4) is 6.07 Å². The number of nitrogens with zero attached hydrogens (tertiary/aromatic N) is 4. The molecule has 164 valence electrons. The van der Waals surface area contributed by atoms with Gasteiger partial charge in [-0.25, -0.2) is 4.39 Å². The number of carbonyl (C=O) groups excluding carboxylic acids is 2. The molecule has 2 amide bonds. The summed E-state index contributed by atoms with van der Waals surface area (Å²) in [4.78, 5) is 32.3. The summed E-state index contributed by atoms with van der Waals surface area (Å²) >= 11 is 0. The van der Waals surface area contributed by atoms with Gasteiger partial charge in [0.2, 0.25) is 11.8 Å². The van der Waals surface area contributed by atoms with Crippen LogP contribution in [0.25, 0.3) is 0 Å². The van der Waals surface area contributed by atoms with Gasteiger partial charge in [0, 0.05) is 31.1 Å². The molecule has 5 rings (SSSR count). The van der Waals surface area contributed by atoms with Gasteiger partial charge in [-0.3, -0.25) is 14.5 Å². The zero-order valence-electron chi connectivity index (χ0n) is 18.3. The molecular formula is C24H29FN4O2. The van der Waals surface area contributed by atoms with E-state index in [0.29, 0.717) is 12.5 Å². The fourth-order valence-electron chi connectivity index (χ4n) is 6.17. The number of likely N-dealkylation sites (tertiary alicyclic amines) is 3. The molecule has 1 aromatic rings. The van der Waals surface area contributed by atoms with Crippen LogP contribution in [-0.4, -0.2) is 63.8 Å².